The molecule has 0 saturated heterocycles. The van der Waals surface area contributed by atoms with Gasteiger partial charge in [-0.3, -0.25) is 0 Å². The van der Waals surface area contributed by atoms with E-state index in [1.54, 1.807) is 0 Å². The van der Waals surface area contributed by atoms with E-state index in [2.05, 4.69) is 43.4 Å². The number of rotatable bonds is 6. The van der Waals surface area contributed by atoms with Crippen molar-refractivity contribution in [3.05, 3.63) is 35.4 Å². The lowest BCUT2D eigenvalue weighted by Gasteiger charge is -2.35. The minimum absolute atomic E-state index is 0.267. The Morgan fingerprint density at radius 3 is 2.95 bits per heavy atom. The Bertz CT molecular complexity index is 396. The molecule has 0 aromatic heterocycles. The summed E-state index contributed by atoms with van der Waals surface area (Å²) in [5.74, 6) is 0. The standard InChI is InChI=1S/C16H25NOS/c1-3-10-17-16-14-7-5-4-6-13(14)8-9-15(16)19-12(2)11-18/h4-7,12,15-18H,3,8-11H2,1-2H3. The SMILES string of the molecule is CCCNC1c2ccccc2CCC1SC(C)CO. The maximum absolute atomic E-state index is 9.28. The molecular weight excluding hydrogens is 254 g/mol. The summed E-state index contributed by atoms with van der Waals surface area (Å²) in [6, 6.07) is 9.23. The summed E-state index contributed by atoms with van der Waals surface area (Å²) in [4.78, 5) is 0. The molecule has 1 aliphatic rings. The van der Waals surface area contributed by atoms with Gasteiger partial charge in [0.2, 0.25) is 0 Å². The molecule has 2 N–H and O–H groups in total. The molecule has 1 aliphatic carbocycles. The van der Waals surface area contributed by atoms with Crippen LogP contribution in [-0.2, 0) is 6.42 Å². The van der Waals surface area contributed by atoms with Crippen LogP contribution in [0.1, 0.15) is 43.9 Å². The zero-order valence-corrected chi connectivity index (χ0v) is 12.7. The van der Waals surface area contributed by atoms with E-state index in [9.17, 15) is 5.11 Å². The van der Waals surface area contributed by atoms with Gasteiger partial charge in [-0.2, -0.15) is 11.8 Å². The van der Waals surface area contributed by atoms with Gasteiger partial charge >= 0.3 is 0 Å². The Hall–Kier alpha value is -0.510. The van der Waals surface area contributed by atoms with Crippen molar-refractivity contribution in [1.82, 2.24) is 5.32 Å². The molecular formula is C16H25NOS. The Kier molecular flexibility index (Phi) is 5.74. The summed E-state index contributed by atoms with van der Waals surface area (Å²) in [5.41, 5.74) is 2.95. The topological polar surface area (TPSA) is 32.3 Å². The second kappa shape index (κ2) is 7.32. The molecule has 19 heavy (non-hydrogen) atoms. The maximum atomic E-state index is 9.28. The maximum Gasteiger partial charge on any atom is 0.0547 e. The van der Waals surface area contributed by atoms with Gasteiger partial charge in [-0.25, -0.2) is 0 Å². The molecule has 1 aromatic carbocycles. The first-order chi connectivity index (χ1) is 9.26. The van der Waals surface area contributed by atoms with E-state index in [1.807, 2.05) is 11.8 Å². The lowest BCUT2D eigenvalue weighted by molar-refractivity contribution is 0.299. The number of aryl methyl sites for hydroxylation is 1. The molecule has 0 heterocycles. The Morgan fingerprint density at radius 1 is 1.42 bits per heavy atom. The van der Waals surface area contributed by atoms with Gasteiger partial charge in [0, 0.05) is 16.5 Å². The van der Waals surface area contributed by atoms with E-state index in [0.717, 1.165) is 19.4 Å². The first-order valence-electron chi connectivity index (χ1n) is 7.33. The molecule has 3 heteroatoms. The molecule has 0 spiro atoms. The summed E-state index contributed by atoms with van der Waals surface area (Å²) in [6.45, 7) is 5.65. The van der Waals surface area contributed by atoms with Crippen LogP contribution in [0.5, 0.6) is 0 Å². The van der Waals surface area contributed by atoms with Gasteiger partial charge in [-0.1, -0.05) is 38.1 Å². The Morgan fingerprint density at radius 2 is 2.21 bits per heavy atom. The van der Waals surface area contributed by atoms with Crippen LogP contribution < -0.4 is 5.32 Å². The molecule has 2 nitrogen and oxygen atoms in total. The fraction of sp³-hybridized carbons (Fsp3) is 0.625. The second-order valence-electron chi connectivity index (χ2n) is 5.34. The van der Waals surface area contributed by atoms with Gasteiger partial charge < -0.3 is 10.4 Å². The molecule has 0 fully saturated rings. The molecule has 3 unspecified atom stereocenters. The average molecular weight is 279 g/mol. The van der Waals surface area contributed by atoms with Crippen LogP contribution in [0.3, 0.4) is 0 Å². The van der Waals surface area contributed by atoms with Crippen molar-refractivity contribution in [2.45, 2.75) is 49.7 Å². The summed E-state index contributed by atoms with van der Waals surface area (Å²) in [6.07, 6.45) is 3.52. The fourth-order valence-electron chi connectivity index (χ4n) is 2.76. The molecule has 0 aliphatic heterocycles. The van der Waals surface area contributed by atoms with Crippen LogP contribution >= 0.6 is 11.8 Å². The molecule has 0 radical (unpaired) electrons. The van der Waals surface area contributed by atoms with Gasteiger partial charge in [0.25, 0.3) is 0 Å². The number of aliphatic hydroxyl groups is 1. The lowest BCUT2D eigenvalue weighted by atomic mass is 9.87. The Balaban J connectivity index is 2.16. The number of benzene rings is 1. The van der Waals surface area contributed by atoms with E-state index < -0.39 is 0 Å². The molecule has 0 bridgehead atoms. The van der Waals surface area contributed by atoms with Crippen molar-refractivity contribution < 1.29 is 5.11 Å². The molecule has 3 atom stereocenters. The predicted octanol–water partition coefficient (Wildman–Crippen LogP) is 3.16. The fourth-order valence-corrected chi connectivity index (χ4v) is 4.10. The van der Waals surface area contributed by atoms with E-state index in [4.69, 9.17) is 0 Å². The molecule has 1 aromatic rings. The first-order valence-corrected chi connectivity index (χ1v) is 8.28. The summed E-state index contributed by atoms with van der Waals surface area (Å²) in [5, 5.41) is 13.9. The average Bonchev–Trinajstić information content (AvgIpc) is 2.45. The quantitative estimate of drug-likeness (QED) is 0.839. The second-order valence-corrected chi connectivity index (χ2v) is 7.02. The van der Waals surface area contributed by atoms with Crippen molar-refractivity contribution in [2.24, 2.45) is 0 Å². The van der Waals surface area contributed by atoms with Crippen molar-refractivity contribution in [2.75, 3.05) is 13.2 Å². The third-order valence-electron chi connectivity index (χ3n) is 3.74. The highest BCUT2D eigenvalue weighted by Crippen LogP contribution is 2.38. The van der Waals surface area contributed by atoms with Gasteiger partial charge in [-0.15, -0.1) is 0 Å². The van der Waals surface area contributed by atoms with Gasteiger partial charge in [0.15, 0.2) is 0 Å². The first kappa shape index (κ1) is 14.9. The monoisotopic (exact) mass is 279 g/mol. The van der Waals surface area contributed by atoms with Gasteiger partial charge in [-0.05, 0) is 36.9 Å². The van der Waals surface area contributed by atoms with Crippen LogP contribution in [0.15, 0.2) is 24.3 Å². The van der Waals surface area contributed by atoms with Crippen LogP contribution in [0.25, 0.3) is 0 Å². The van der Waals surface area contributed by atoms with E-state index in [0.29, 0.717) is 16.5 Å². The van der Waals surface area contributed by atoms with Crippen LogP contribution in [-0.4, -0.2) is 28.8 Å². The lowest BCUT2D eigenvalue weighted by Crippen LogP contribution is -2.35. The Labute approximate surface area is 121 Å². The number of thioether (sulfide) groups is 1. The highest BCUT2D eigenvalue weighted by Gasteiger charge is 2.30. The summed E-state index contributed by atoms with van der Waals surface area (Å²) in [7, 11) is 0. The van der Waals surface area contributed by atoms with E-state index in [-0.39, 0.29) is 6.61 Å². The zero-order valence-electron chi connectivity index (χ0n) is 11.9. The summed E-state index contributed by atoms with van der Waals surface area (Å²) < 4.78 is 0. The number of hydrogen-bond acceptors (Lipinski definition) is 3. The highest BCUT2D eigenvalue weighted by molar-refractivity contribution is 8.00. The van der Waals surface area contributed by atoms with Crippen LogP contribution in [0.4, 0.5) is 0 Å². The molecule has 0 saturated carbocycles. The van der Waals surface area contributed by atoms with Crippen molar-refractivity contribution in [3.63, 3.8) is 0 Å². The van der Waals surface area contributed by atoms with Crippen molar-refractivity contribution in [1.29, 1.82) is 0 Å². The highest BCUT2D eigenvalue weighted by atomic mass is 32.2. The number of fused-ring (bicyclic) bond motifs is 1. The third-order valence-corrected chi connectivity index (χ3v) is 5.21. The predicted molar refractivity (Wildman–Crippen MR) is 83.7 cm³/mol. The normalized spacial score (nSPS) is 23.9. The van der Waals surface area contributed by atoms with E-state index >= 15 is 0 Å². The molecule has 2 rings (SSSR count). The minimum atomic E-state index is 0.267. The molecule has 0 amide bonds. The molecule has 106 valence electrons. The largest absolute Gasteiger partial charge is 0.395 e. The number of hydrogen-bond donors (Lipinski definition) is 2. The summed E-state index contributed by atoms with van der Waals surface area (Å²) >= 11 is 1.93. The van der Waals surface area contributed by atoms with Crippen molar-refractivity contribution in [3.8, 4) is 0 Å². The zero-order chi connectivity index (χ0) is 13.7. The van der Waals surface area contributed by atoms with Crippen LogP contribution in [0, 0.1) is 0 Å². The van der Waals surface area contributed by atoms with Gasteiger partial charge in [0.1, 0.15) is 0 Å². The smallest absolute Gasteiger partial charge is 0.0547 e. The van der Waals surface area contributed by atoms with Gasteiger partial charge in [0.05, 0.1) is 6.61 Å². The number of aliphatic hydroxyl groups excluding tert-OH is 1. The van der Waals surface area contributed by atoms with E-state index in [1.165, 1.54) is 17.5 Å². The number of nitrogens with one attached hydrogen (secondary N) is 1. The van der Waals surface area contributed by atoms with Crippen molar-refractivity contribution >= 4 is 11.8 Å². The third kappa shape index (κ3) is 3.74. The van der Waals surface area contributed by atoms with Crippen LogP contribution in [0.2, 0.25) is 0 Å². The minimum Gasteiger partial charge on any atom is -0.395 e.